The van der Waals surface area contributed by atoms with Crippen molar-refractivity contribution in [3.8, 4) is 0 Å². The second kappa shape index (κ2) is 7.43. The fourth-order valence-corrected chi connectivity index (χ4v) is 3.15. The topological polar surface area (TPSA) is 27.7 Å². The minimum absolute atomic E-state index is 0.491. The Bertz CT molecular complexity index is 231. The highest BCUT2D eigenvalue weighted by Gasteiger charge is 2.24. The smallest absolute Gasteiger partial charge is 0.0586 e. The Morgan fingerprint density at radius 2 is 2.06 bits per heavy atom. The largest absolute Gasteiger partial charge is 0.381 e. The van der Waals surface area contributed by atoms with Crippen LogP contribution in [0.4, 0.5) is 0 Å². The van der Waals surface area contributed by atoms with Crippen molar-refractivity contribution in [1.82, 2.24) is 15.1 Å². The zero-order valence-electron chi connectivity index (χ0n) is 12.0. The summed E-state index contributed by atoms with van der Waals surface area (Å²) in [4.78, 5) is 5.12. The molecular weight excluding hydrogens is 226 g/mol. The van der Waals surface area contributed by atoms with Gasteiger partial charge in [-0.2, -0.15) is 0 Å². The quantitative estimate of drug-likeness (QED) is 0.786. The van der Waals surface area contributed by atoms with Crippen molar-refractivity contribution >= 4 is 0 Å². The van der Waals surface area contributed by atoms with E-state index in [1.165, 1.54) is 51.9 Å². The molecule has 1 heterocycles. The number of methoxy groups -OCH3 is 1. The highest BCUT2D eigenvalue weighted by atomic mass is 16.5. The summed E-state index contributed by atoms with van der Waals surface area (Å²) in [6, 6.07) is 0.728. The number of rotatable bonds is 5. The van der Waals surface area contributed by atoms with Crippen LogP contribution >= 0.6 is 0 Å². The maximum Gasteiger partial charge on any atom is 0.0586 e. The van der Waals surface area contributed by atoms with Crippen LogP contribution in [0.15, 0.2) is 0 Å². The molecule has 2 fully saturated rings. The monoisotopic (exact) mass is 255 g/mol. The van der Waals surface area contributed by atoms with Crippen LogP contribution in [0.25, 0.3) is 0 Å². The van der Waals surface area contributed by atoms with Gasteiger partial charge < -0.3 is 15.0 Å². The second-order valence-electron chi connectivity index (χ2n) is 5.75. The molecule has 1 saturated carbocycles. The van der Waals surface area contributed by atoms with Crippen LogP contribution in [0, 0.1) is 0 Å². The summed E-state index contributed by atoms with van der Waals surface area (Å²) in [6.07, 6.45) is 5.62. The van der Waals surface area contributed by atoms with Gasteiger partial charge in [-0.15, -0.1) is 0 Å². The fraction of sp³-hybridized carbons (Fsp3) is 1.00. The van der Waals surface area contributed by atoms with Gasteiger partial charge >= 0.3 is 0 Å². The highest BCUT2D eigenvalue weighted by molar-refractivity contribution is 4.80. The third-order valence-electron chi connectivity index (χ3n) is 4.53. The van der Waals surface area contributed by atoms with Crippen molar-refractivity contribution < 1.29 is 4.74 Å². The predicted octanol–water partition coefficient (Wildman–Crippen LogP) is 0.781. The number of piperazine rings is 1. The molecule has 0 aromatic carbocycles. The second-order valence-corrected chi connectivity index (χ2v) is 5.75. The van der Waals surface area contributed by atoms with Crippen LogP contribution in [0.5, 0.6) is 0 Å². The predicted molar refractivity (Wildman–Crippen MR) is 75.0 cm³/mol. The van der Waals surface area contributed by atoms with E-state index in [0.717, 1.165) is 19.1 Å². The number of hydrogen-bond donors (Lipinski definition) is 1. The van der Waals surface area contributed by atoms with Gasteiger partial charge in [0.05, 0.1) is 6.10 Å². The van der Waals surface area contributed by atoms with Gasteiger partial charge in [-0.1, -0.05) is 0 Å². The lowest BCUT2D eigenvalue weighted by atomic mass is 9.92. The van der Waals surface area contributed by atoms with E-state index in [1.807, 2.05) is 7.11 Å². The minimum atomic E-state index is 0.491. The third kappa shape index (κ3) is 4.19. The van der Waals surface area contributed by atoms with Gasteiger partial charge in [-0.05, 0) is 32.7 Å². The van der Waals surface area contributed by atoms with Crippen LogP contribution in [-0.2, 0) is 4.74 Å². The molecule has 0 spiro atoms. The van der Waals surface area contributed by atoms with Gasteiger partial charge in [0, 0.05) is 52.4 Å². The molecule has 0 aromatic heterocycles. The Kier molecular flexibility index (Phi) is 5.89. The third-order valence-corrected chi connectivity index (χ3v) is 4.53. The first kappa shape index (κ1) is 14.3. The van der Waals surface area contributed by atoms with Gasteiger partial charge in [0.2, 0.25) is 0 Å². The molecule has 2 aliphatic rings. The summed E-state index contributed by atoms with van der Waals surface area (Å²) in [6.45, 7) is 7.13. The molecule has 106 valence electrons. The molecule has 1 aliphatic heterocycles. The first-order valence-electron chi connectivity index (χ1n) is 7.45. The molecule has 1 N–H and O–H groups in total. The molecule has 18 heavy (non-hydrogen) atoms. The van der Waals surface area contributed by atoms with E-state index in [0.29, 0.717) is 6.10 Å². The van der Waals surface area contributed by atoms with Gasteiger partial charge in [-0.25, -0.2) is 0 Å². The molecule has 4 heteroatoms. The van der Waals surface area contributed by atoms with E-state index in [4.69, 9.17) is 4.74 Å². The van der Waals surface area contributed by atoms with E-state index in [1.54, 1.807) is 0 Å². The Labute approximate surface area is 112 Å². The van der Waals surface area contributed by atoms with Crippen LogP contribution in [0.2, 0.25) is 0 Å². The summed E-state index contributed by atoms with van der Waals surface area (Å²) in [7, 11) is 4.14. The van der Waals surface area contributed by atoms with Gasteiger partial charge in [0.15, 0.2) is 0 Å². The molecule has 0 amide bonds. The van der Waals surface area contributed by atoms with Crippen molar-refractivity contribution in [3.05, 3.63) is 0 Å². The van der Waals surface area contributed by atoms with E-state index in [9.17, 15) is 0 Å². The molecule has 1 aliphatic carbocycles. The van der Waals surface area contributed by atoms with Crippen molar-refractivity contribution in [1.29, 1.82) is 0 Å². The minimum Gasteiger partial charge on any atom is -0.381 e. The number of nitrogens with zero attached hydrogens (tertiary/aromatic N) is 2. The zero-order chi connectivity index (χ0) is 12.8. The van der Waals surface area contributed by atoms with Crippen LogP contribution in [0.1, 0.15) is 25.7 Å². The first-order chi connectivity index (χ1) is 8.79. The SMILES string of the molecule is COC1CCCC(N(C)CCN2CCNCC2)C1. The Balaban J connectivity index is 1.68. The van der Waals surface area contributed by atoms with E-state index >= 15 is 0 Å². The molecular formula is C14H29N3O. The lowest BCUT2D eigenvalue weighted by Gasteiger charge is -2.36. The Hall–Kier alpha value is -0.160. The Morgan fingerprint density at radius 3 is 2.78 bits per heavy atom. The zero-order valence-corrected chi connectivity index (χ0v) is 12.0. The fourth-order valence-electron chi connectivity index (χ4n) is 3.15. The molecule has 2 atom stereocenters. The molecule has 2 rings (SSSR count). The van der Waals surface area contributed by atoms with Crippen molar-refractivity contribution in [3.63, 3.8) is 0 Å². The Morgan fingerprint density at radius 1 is 1.28 bits per heavy atom. The molecule has 4 nitrogen and oxygen atoms in total. The van der Waals surface area contributed by atoms with Crippen molar-refractivity contribution in [2.24, 2.45) is 0 Å². The number of nitrogens with one attached hydrogen (secondary N) is 1. The molecule has 0 bridgehead atoms. The van der Waals surface area contributed by atoms with E-state index < -0.39 is 0 Å². The van der Waals surface area contributed by atoms with Crippen molar-refractivity contribution in [2.75, 3.05) is 53.4 Å². The number of ether oxygens (including phenoxy) is 1. The van der Waals surface area contributed by atoms with Gasteiger partial charge in [0.25, 0.3) is 0 Å². The van der Waals surface area contributed by atoms with Crippen molar-refractivity contribution in [2.45, 2.75) is 37.8 Å². The summed E-state index contributed by atoms with van der Waals surface area (Å²) in [5, 5.41) is 3.41. The van der Waals surface area contributed by atoms with E-state index in [2.05, 4.69) is 22.2 Å². The average molecular weight is 255 g/mol. The lowest BCUT2D eigenvalue weighted by molar-refractivity contribution is 0.0322. The number of hydrogen-bond acceptors (Lipinski definition) is 4. The van der Waals surface area contributed by atoms with Crippen LogP contribution in [0.3, 0.4) is 0 Å². The van der Waals surface area contributed by atoms with Gasteiger partial charge in [0.1, 0.15) is 0 Å². The van der Waals surface area contributed by atoms with Gasteiger partial charge in [-0.3, -0.25) is 4.90 Å². The summed E-state index contributed by atoms with van der Waals surface area (Å²) >= 11 is 0. The maximum atomic E-state index is 5.52. The normalized spacial score (nSPS) is 30.8. The maximum absolute atomic E-state index is 5.52. The average Bonchev–Trinajstić information content (AvgIpc) is 2.46. The molecule has 0 radical (unpaired) electrons. The van der Waals surface area contributed by atoms with E-state index in [-0.39, 0.29) is 0 Å². The van der Waals surface area contributed by atoms with Crippen LogP contribution < -0.4 is 5.32 Å². The standard InChI is InChI=1S/C14H29N3O/c1-16(10-11-17-8-6-15-7-9-17)13-4-3-5-14(12-13)18-2/h13-15H,3-12H2,1-2H3. The first-order valence-corrected chi connectivity index (χ1v) is 7.45. The summed E-state index contributed by atoms with van der Waals surface area (Å²) < 4.78 is 5.52. The van der Waals surface area contributed by atoms with Crippen LogP contribution in [-0.4, -0.2) is 75.4 Å². The molecule has 0 aromatic rings. The molecule has 1 saturated heterocycles. The lowest BCUT2D eigenvalue weighted by Crippen LogP contribution is -2.47. The molecule has 2 unspecified atom stereocenters. The summed E-state index contributed by atoms with van der Waals surface area (Å²) in [5.41, 5.74) is 0. The number of likely N-dealkylation sites (N-methyl/N-ethyl adjacent to an activating group) is 1. The highest BCUT2D eigenvalue weighted by Crippen LogP contribution is 2.23. The summed E-state index contributed by atoms with van der Waals surface area (Å²) in [5.74, 6) is 0.